The van der Waals surface area contributed by atoms with Crippen LogP contribution in [0.4, 0.5) is 0 Å². The van der Waals surface area contributed by atoms with Crippen LogP contribution in [0.15, 0.2) is 5.38 Å². The minimum Gasteiger partial charge on any atom is -0.381 e. The number of β-amino-alcohol motifs (C(OH)–C–C–N with tert-alkyl or cyclic N) is 1. The van der Waals surface area contributed by atoms with Crippen molar-refractivity contribution in [1.29, 1.82) is 0 Å². The SMILES string of the molecule is OC1(c2csnn2)CNC1. The third-order valence-corrected chi connectivity index (χ3v) is 2.18. The van der Waals surface area contributed by atoms with Crippen LogP contribution in [0.1, 0.15) is 5.69 Å². The monoisotopic (exact) mass is 157 g/mol. The number of hydrogen-bond donors (Lipinski definition) is 2. The van der Waals surface area contributed by atoms with Crippen LogP contribution in [0, 0.1) is 0 Å². The Hall–Kier alpha value is -0.520. The fourth-order valence-corrected chi connectivity index (χ4v) is 1.46. The van der Waals surface area contributed by atoms with Crippen LogP contribution in [0.5, 0.6) is 0 Å². The number of nitrogens with zero attached hydrogens (tertiary/aromatic N) is 2. The molecule has 10 heavy (non-hydrogen) atoms. The first-order chi connectivity index (χ1) is 4.81. The molecule has 0 atom stereocenters. The number of rotatable bonds is 1. The van der Waals surface area contributed by atoms with Crippen molar-refractivity contribution in [2.45, 2.75) is 5.60 Å². The summed E-state index contributed by atoms with van der Waals surface area (Å²) in [4.78, 5) is 0. The lowest BCUT2D eigenvalue weighted by molar-refractivity contribution is -0.0185. The third kappa shape index (κ3) is 0.749. The highest BCUT2D eigenvalue weighted by molar-refractivity contribution is 7.03. The van der Waals surface area contributed by atoms with E-state index in [2.05, 4.69) is 14.9 Å². The number of aromatic nitrogens is 2. The zero-order chi connectivity index (χ0) is 7.03. The van der Waals surface area contributed by atoms with Gasteiger partial charge in [-0.3, -0.25) is 0 Å². The van der Waals surface area contributed by atoms with Gasteiger partial charge in [-0.25, -0.2) is 0 Å². The molecule has 0 aliphatic carbocycles. The lowest BCUT2D eigenvalue weighted by atomic mass is 9.94. The number of aliphatic hydroxyl groups is 1. The summed E-state index contributed by atoms with van der Waals surface area (Å²) in [5.41, 5.74) is -0.0382. The van der Waals surface area contributed by atoms with Crippen molar-refractivity contribution in [1.82, 2.24) is 14.9 Å². The fourth-order valence-electron chi connectivity index (χ4n) is 0.910. The van der Waals surface area contributed by atoms with Crippen LogP contribution in [-0.4, -0.2) is 27.8 Å². The predicted octanol–water partition coefficient (Wildman–Crippen LogP) is -0.671. The van der Waals surface area contributed by atoms with Crippen molar-refractivity contribution in [2.24, 2.45) is 0 Å². The maximum atomic E-state index is 9.61. The number of nitrogens with one attached hydrogen (secondary N) is 1. The molecule has 1 aromatic heterocycles. The molecular weight excluding hydrogens is 150 g/mol. The van der Waals surface area contributed by atoms with Crippen LogP contribution in [-0.2, 0) is 5.60 Å². The van der Waals surface area contributed by atoms with Crippen LogP contribution in [0.2, 0.25) is 0 Å². The Morgan fingerprint density at radius 3 is 2.90 bits per heavy atom. The van der Waals surface area contributed by atoms with Gasteiger partial charge in [-0.2, -0.15) is 0 Å². The molecule has 1 saturated heterocycles. The molecule has 1 fully saturated rings. The van der Waals surface area contributed by atoms with E-state index in [1.807, 2.05) is 0 Å². The summed E-state index contributed by atoms with van der Waals surface area (Å²) in [7, 11) is 0. The molecule has 2 heterocycles. The minimum absolute atomic E-state index is 0.596. The van der Waals surface area contributed by atoms with Crippen molar-refractivity contribution in [3.8, 4) is 0 Å². The smallest absolute Gasteiger partial charge is 0.134 e. The van der Waals surface area contributed by atoms with Crippen LogP contribution >= 0.6 is 11.5 Å². The fraction of sp³-hybridized carbons (Fsp3) is 0.600. The summed E-state index contributed by atoms with van der Waals surface area (Å²) < 4.78 is 3.67. The van der Waals surface area contributed by atoms with E-state index in [9.17, 15) is 5.11 Å². The van der Waals surface area contributed by atoms with Crippen LogP contribution < -0.4 is 5.32 Å². The van der Waals surface area contributed by atoms with E-state index in [1.54, 1.807) is 5.38 Å². The normalized spacial score (nSPS) is 22.1. The molecule has 2 rings (SSSR count). The molecule has 5 heteroatoms. The summed E-state index contributed by atoms with van der Waals surface area (Å²) in [6.45, 7) is 1.19. The second kappa shape index (κ2) is 1.98. The Morgan fingerprint density at radius 2 is 2.50 bits per heavy atom. The van der Waals surface area contributed by atoms with E-state index in [-0.39, 0.29) is 0 Å². The molecule has 54 valence electrons. The first-order valence-corrected chi connectivity index (χ1v) is 3.85. The molecule has 1 aliphatic heterocycles. The zero-order valence-corrected chi connectivity index (χ0v) is 6.06. The van der Waals surface area contributed by atoms with Gasteiger partial charge in [0.15, 0.2) is 0 Å². The average Bonchev–Trinajstić information content (AvgIpc) is 2.33. The topological polar surface area (TPSA) is 58.0 Å². The van der Waals surface area contributed by atoms with E-state index in [0.29, 0.717) is 18.8 Å². The molecule has 2 N–H and O–H groups in total. The van der Waals surface area contributed by atoms with Gasteiger partial charge in [0.25, 0.3) is 0 Å². The van der Waals surface area contributed by atoms with E-state index in [0.717, 1.165) is 0 Å². The second-order valence-corrected chi connectivity index (χ2v) is 3.04. The Morgan fingerprint density at radius 1 is 1.70 bits per heavy atom. The molecule has 1 aliphatic rings. The van der Waals surface area contributed by atoms with Crippen molar-refractivity contribution < 1.29 is 5.11 Å². The first-order valence-electron chi connectivity index (χ1n) is 3.02. The van der Waals surface area contributed by atoms with Gasteiger partial charge in [0, 0.05) is 18.5 Å². The Kier molecular flexibility index (Phi) is 1.23. The molecule has 0 radical (unpaired) electrons. The highest BCUT2D eigenvalue weighted by atomic mass is 32.1. The summed E-state index contributed by atoms with van der Waals surface area (Å²) in [5, 5.41) is 18.2. The number of hydrogen-bond acceptors (Lipinski definition) is 5. The van der Waals surface area contributed by atoms with Crippen LogP contribution in [0.3, 0.4) is 0 Å². The Labute approximate surface area is 62.1 Å². The van der Waals surface area contributed by atoms with E-state index < -0.39 is 5.60 Å². The molecule has 0 saturated carbocycles. The molecule has 0 amide bonds. The highest BCUT2D eigenvalue weighted by Gasteiger charge is 2.38. The van der Waals surface area contributed by atoms with E-state index in [4.69, 9.17) is 0 Å². The molecule has 0 unspecified atom stereocenters. The highest BCUT2D eigenvalue weighted by Crippen LogP contribution is 2.23. The van der Waals surface area contributed by atoms with Gasteiger partial charge in [0.05, 0.1) is 0 Å². The average molecular weight is 157 g/mol. The summed E-state index contributed by atoms with van der Waals surface area (Å²) in [5.74, 6) is 0. The standard InChI is InChI=1S/C5H7N3OS/c9-5(2-6-3-5)4-1-10-8-7-4/h1,6,9H,2-3H2. The molecule has 4 nitrogen and oxygen atoms in total. The van der Waals surface area contributed by atoms with Crippen molar-refractivity contribution in [3.05, 3.63) is 11.1 Å². The molecular formula is C5H7N3OS. The lowest BCUT2D eigenvalue weighted by Gasteiger charge is -2.35. The summed E-state index contributed by atoms with van der Waals surface area (Å²) in [6, 6.07) is 0. The quantitative estimate of drug-likeness (QED) is 0.567. The minimum atomic E-state index is -0.729. The van der Waals surface area contributed by atoms with Gasteiger partial charge >= 0.3 is 0 Å². The first kappa shape index (κ1) is 6.21. The Bertz CT molecular complexity index is 219. The molecule has 0 spiro atoms. The summed E-state index contributed by atoms with van der Waals surface area (Å²) >= 11 is 1.27. The maximum absolute atomic E-state index is 9.61. The van der Waals surface area contributed by atoms with Gasteiger partial charge < -0.3 is 10.4 Å². The lowest BCUT2D eigenvalue weighted by Crippen LogP contribution is -2.56. The Balaban J connectivity index is 2.27. The van der Waals surface area contributed by atoms with Crippen LogP contribution in [0.25, 0.3) is 0 Å². The molecule has 1 aromatic rings. The maximum Gasteiger partial charge on any atom is 0.134 e. The zero-order valence-electron chi connectivity index (χ0n) is 5.24. The van der Waals surface area contributed by atoms with Crippen molar-refractivity contribution in [3.63, 3.8) is 0 Å². The van der Waals surface area contributed by atoms with Gasteiger partial charge in [0.2, 0.25) is 0 Å². The van der Waals surface area contributed by atoms with Gasteiger partial charge in [-0.1, -0.05) is 4.49 Å². The third-order valence-electron chi connectivity index (χ3n) is 1.67. The largest absolute Gasteiger partial charge is 0.381 e. The van der Waals surface area contributed by atoms with Crippen molar-refractivity contribution >= 4 is 11.5 Å². The summed E-state index contributed by atoms with van der Waals surface area (Å²) in [6.07, 6.45) is 0. The van der Waals surface area contributed by atoms with Gasteiger partial charge in [0.1, 0.15) is 11.3 Å². The predicted molar refractivity (Wildman–Crippen MR) is 36.7 cm³/mol. The molecule has 0 aromatic carbocycles. The van der Waals surface area contributed by atoms with Gasteiger partial charge in [-0.15, -0.1) is 5.10 Å². The second-order valence-electron chi connectivity index (χ2n) is 2.43. The molecule has 0 bridgehead atoms. The van der Waals surface area contributed by atoms with E-state index >= 15 is 0 Å². The van der Waals surface area contributed by atoms with Gasteiger partial charge in [-0.05, 0) is 11.5 Å². The van der Waals surface area contributed by atoms with Crippen molar-refractivity contribution in [2.75, 3.05) is 13.1 Å². The van der Waals surface area contributed by atoms with E-state index in [1.165, 1.54) is 11.5 Å².